The van der Waals surface area contributed by atoms with Gasteiger partial charge in [-0.3, -0.25) is 4.79 Å². The van der Waals surface area contributed by atoms with Gasteiger partial charge in [-0.1, -0.05) is 42.5 Å². The molecule has 0 N–H and O–H groups in total. The standard InChI is InChI=1S/C14H18O3/c1-11(14(15)17-3)13(16-2)10-9-12-7-5-4-6-8-12/h4-11,13H,1-3H3/b10-9+. The summed E-state index contributed by atoms with van der Waals surface area (Å²) in [5.74, 6) is -0.584. The van der Waals surface area contributed by atoms with Crippen molar-refractivity contribution >= 4 is 12.0 Å². The van der Waals surface area contributed by atoms with Crippen LogP contribution < -0.4 is 0 Å². The van der Waals surface area contributed by atoms with Crippen molar-refractivity contribution in [3.63, 3.8) is 0 Å². The van der Waals surface area contributed by atoms with Crippen LogP contribution in [0.15, 0.2) is 36.4 Å². The number of ether oxygens (including phenoxy) is 2. The molecule has 0 saturated carbocycles. The summed E-state index contributed by atoms with van der Waals surface area (Å²) in [6.07, 6.45) is 3.53. The Kier molecular flexibility index (Phi) is 5.43. The van der Waals surface area contributed by atoms with Crippen molar-refractivity contribution < 1.29 is 14.3 Å². The molecule has 0 aliphatic rings. The molecule has 1 rings (SSSR count). The Morgan fingerprint density at radius 3 is 2.41 bits per heavy atom. The van der Waals surface area contributed by atoms with Crippen LogP contribution in [0.2, 0.25) is 0 Å². The van der Waals surface area contributed by atoms with E-state index in [-0.39, 0.29) is 18.0 Å². The van der Waals surface area contributed by atoms with Crippen LogP contribution in [-0.4, -0.2) is 26.3 Å². The highest BCUT2D eigenvalue weighted by molar-refractivity contribution is 5.73. The molecule has 0 aliphatic heterocycles. The van der Waals surface area contributed by atoms with Gasteiger partial charge < -0.3 is 9.47 Å². The van der Waals surface area contributed by atoms with Crippen molar-refractivity contribution in [3.05, 3.63) is 42.0 Å². The zero-order chi connectivity index (χ0) is 12.7. The van der Waals surface area contributed by atoms with Crippen molar-refractivity contribution in [2.45, 2.75) is 13.0 Å². The third kappa shape index (κ3) is 4.04. The molecule has 17 heavy (non-hydrogen) atoms. The van der Waals surface area contributed by atoms with Gasteiger partial charge in [0.1, 0.15) is 0 Å². The normalized spacial score (nSPS) is 14.5. The molecule has 1 aromatic carbocycles. The van der Waals surface area contributed by atoms with E-state index in [1.54, 1.807) is 14.0 Å². The highest BCUT2D eigenvalue weighted by Gasteiger charge is 2.22. The van der Waals surface area contributed by atoms with Crippen molar-refractivity contribution in [1.82, 2.24) is 0 Å². The van der Waals surface area contributed by atoms with Crippen LogP contribution in [0.4, 0.5) is 0 Å². The maximum absolute atomic E-state index is 11.4. The number of hydrogen-bond donors (Lipinski definition) is 0. The molecule has 92 valence electrons. The van der Waals surface area contributed by atoms with Crippen LogP contribution in [0.1, 0.15) is 12.5 Å². The zero-order valence-electron chi connectivity index (χ0n) is 10.4. The first-order chi connectivity index (χ1) is 8.19. The predicted octanol–water partition coefficient (Wildman–Crippen LogP) is 2.52. The van der Waals surface area contributed by atoms with Gasteiger partial charge in [0, 0.05) is 7.11 Å². The Balaban J connectivity index is 2.70. The number of benzene rings is 1. The van der Waals surface area contributed by atoms with Gasteiger partial charge in [-0.25, -0.2) is 0 Å². The van der Waals surface area contributed by atoms with Gasteiger partial charge in [0.2, 0.25) is 0 Å². The summed E-state index contributed by atoms with van der Waals surface area (Å²) in [4.78, 5) is 11.4. The van der Waals surface area contributed by atoms with Crippen molar-refractivity contribution in [2.75, 3.05) is 14.2 Å². The number of esters is 1. The van der Waals surface area contributed by atoms with Crippen molar-refractivity contribution in [2.24, 2.45) is 5.92 Å². The minimum atomic E-state index is -0.315. The summed E-state index contributed by atoms with van der Waals surface area (Å²) < 4.78 is 9.96. The summed E-state index contributed by atoms with van der Waals surface area (Å²) >= 11 is 0. The van der Waals surface area contributed by atoms with Crippen LogP contribution in [0, 0.1) is 5.92 Å². The van der Waals surface area contributed by atoms with E-state index in [4.69, 9.17) is 9.47 Å². The molecule has 3 heteroatoms. The van der Waals surface area contributed by atoms with Crippen LogP contribution in [0.5, 0.6) is 0 Å². The van der Waals surface area contributed by atoms with Gasteiger partial charge in [-0.05, 0) is 12.5 Å². The fourth-order valence-electron chi connectivity index (χ4n) is 1.54. The Morgan fingerprint density at radius 1 is 1.24 bits per heavy atom. The number of hydrogen-bond acceptors (Lipinski definition) is 3. The summed E-state index contributed by atoms with van der Waals surface area (Å²) in [5, 5.41) is 0. The average molecular weight is 234 g/mol. The molecule has 2 atom stereocenters. The molecule has 0 radical (unpaired) electrons. The second-order valence-corrected chi connectivity index (χ2v) is 3.78. The average Bonchev–Trinajstić information content (AvgIpc) is 2.39. The minimum absolute atomic E-state index is 0.269. The summed E-state index contributed by atoms with van der Waals surface area (Å²) in [7, 11) is 2.96. The largest absolute Gasteiger partial charge is 0.469 e. The van der Waals surface area contributed by atoms with Gasteiger partial charge in [-0.15, -0.1) is 0 Å². The molecule has 3 nitrogen and oxygen atoms in total. The van der Waals surface area contributed by atoms with E-state index in [2.05, 4.69) is 0 Å². The molecule has 0 spiro atoms. The van der Waals surface area contributed by atoms with Crippen LogP contribution >= 0.6 is 0 Å². The van der Waals surface area contributed by atoms with E-state index < -0.39 is 0 Å². The molecule has 0 saturated heterocycles. The lowest BCUT2D eigenvalue weighted by Gasteiger charge is -2.16. The second-order valence-electron chi connectivity index (χ2n) is 3.78. The monoisotopic (exact) mass is 234 g/mol. The van der Waals surface area contributed by atoms with Crippen LogP contribution in [0.3, 0.4) is 0 Å². The number of methoxy groups -OCH3 is 2. The first-order valence-corrected chi connectivity index (χ1v) is 5.53. The van der Waals surface area contributed by atoms with E-state index in [1.807, 2.05) is 42.5 Å². The lowest BCUT2D eigenvalue weighted by Crippen LogP contribution is -2.26. The fraction of sp³-hybridized carbons (Fsp3) is 0.357. The van der Waals surface area contributed by atoms with Crippen LogP contribution in [-0.2, 0) is 14.3 Å². The van der Waals surface area contributed by atoms with Crippen molar-refractivity contribution in [3.8, 4) is 0 Å². The van der Waals surface area contributed by atoms with Gasteiger partial charge in [0.15, 0.2) is 0 Å². The highest BCUT2D eigenvalue weighted by atomic mass is 16.5. The molecule has 2 unspecified atom stereocenters. The second kappa shape index (κ2) is 6.86. The molecule has 0 aromatic heterocycles. The lowest BCUT2D eigenvalue weighted by molar-refractivity contribution is -0.148. The molecule has 0 amide bonds. The zero-order valence-corrected chi connectivity index (χ0v) is 10.4. The predicted molar refractivity (Wildman–Crippen MR) is 67.5 cm³/mol. The molecule has 0 aliphatic carbocycles. The first-order valence-electron chi connectivity index (χ1n) is 5.53. The van der Waals surface area contributed by atoms with Gasteiger partial charge in [0.25, 0.3) is 0 Å². The summed E-state index contributed by atoms with van der Waals surface area (Å²) in [6.45, 7) is 1.79. The topological polar surface area (TPSA) is 35.5 Å². The van der Waals surface area contributed by atoms with E-state index in [9.17, 15) is 4.79 Å². The fourth-order valence-corrected chi connectivity index (χ4v) is 1.54. The molecule has 0 fully saturated rings. The Hall–Kier alpha value is -1.61. The third-order valence-electron chi connectivity index (χ3n) is 2.62. The van der Waals surface area contributed by atoms with Gasteiger partial charge >= 0.3 is 5.97 Å². The SMILES string of the molecule is COC(=O)C(C)C(/C=C/c1ccccc1)OC. The lowest BCUT2D eigenvalue weighted by atomic mass is 10.0. The molecular formula is C14H18O3. The summed E-state index contributed by atoms with van der Waals surface area (Å²) in [6, 6.07) is 9.87. The molecule has 0 heterocycles. The smallest absolute Gasteiger partial charge is 0.311 e. The Labute approximate surface area is 102 Å². The van der Waals surface area contributed by atoms with E-state index in [0.717, 1.165) is 5.56 Å². The quantitative estimate of drug-likeness (QED) is 0.734. The molecule has 1 aromatic rings. The number of carbonyl (C=O) groups excluding carboxylic acids is 1. The first kappa shape index (κ1) is 13.5. The highest BCUT2D eigenvalue weighted by Crippen LogP contribution is 2.12. The maximum Gasteiger partial charge on any atom is 0.311 e. The number of rotatable bonds is 5. The minimum Gasteiger partial charge on any atom is -0.469 e. The summed E-state index contributed by atoms with van der Waals surface area (Å²) in [5.41, 5.74) is 1.08. The van der Waals surface area contributed by atoms with Gasteiger partial charge in [-0.2, -0.15) is 0 Å². The van der Waals surface area contributed by atoms with Crippen LogP contribution in [0.25, 0.3) is 6.08 Å². The third-order valence-corrected chi connectivity index (χ3v) is 2.62. The Bertz CT molecular complexity index is 370. The maximum atomic E-state index is 11.4. The molecular weight excluding hydrogens is 216 g/mol. The van der Waals surface area contributed by atoms with Crippen molar-refractivity contribution in [1.29, 1.82) is 0 Å². The van der Waals surface area contributed by atoms with E-state index in [0.29, 0.717) is 0 Å². The Morgan fingerprint density at radius 2 is 1.88 bits per heavy atom. The van der Waals surface area contributed by atoms with E-state index in [1.165, 1.54) is 7.11 Å². The molecule has 0 bridgehead atoms. The number of carbonyl (C=O) groups is 1. The van der Waals surface area contributed by atoms with E-state index >= 15 is 0 Å². The van der Waals surface area contributed by atoms with Gasteiger partial charge in [0.05, 0.1) is 19.1 Å².